The number of nitriles is 1. The number of likely N-dealkylation sites (N-methyl/N-ethyl adjacent to an activating group) is 1. The zero-order chi connectivity index (χ0) is 11.5. The van der Waals surface area contributed by atoms with Crippen molar-refractivity contribution in [2.24, 2.45) is 0 Å². The third kappa shape index (κ3) is 1.86. The van der Waals surface area contributed by atoms with Crippen molar-refractivity contribution in [1.29, 1.82) is 5.26 Å². The Morgan fingerprint density at radius 1 is 1.56 bits per heavy atom. The van der Waals surface area contributed by atoms with Crippen molar-refractivity contribution in [3.63, 3.8) is 0 Å². The summed E-state index contributed by atoms with van der Waals surface area (Å²) >= 11 is 0. The molecule has 0 radical (unpaired) electrons. The van der Waals surface area contributed by atoms with E-state index in [4.69, 9.17) is 5.26 Å². The maximum atomic E-state index is 13.4. The number of hydrogen-bond donors (Lipinski definition) is 1. The first kappa shape index (κ1) is 10.9. The Morgan fingerprint density at radius 3 is 3.00 bits per heavy atom. The van der Waals surface area contributed by atoms with Gasteiger partial charge in [-0.15, -0.1) is 0 Å². The van der Waals surface area contributed by atoms with Crippen molar-refractivity contribution in [3.8, 4) is 6.07 Å². The Labute approximate surface area is 94.5 Å². The van der Waals surface area contributed by atoms with Gasteiger partial charge in [0.15, 0.2) is 0 Å². The highest BCUT2D eigenvalue weighted by Gasteiger charge is 2.22. The van der Waals surface area contributed by atoms with Gasteiger partial charge in [-0.25, -0.2) is 4.39 Å². The van der Waals surface area contributed by atoms with Gasteiger partial charge in [0.25, 0.3) is 0 Å². The first-order chi connectivity index (χ1) is 7.74. The minimum absolute atomic E-state index is 0.136. The molecular weight excluding hydrogens is 205 g/mol. The maximum Gasteiger partial charge on any atom is 0.143 e. The van der Waals surface area contributed by atoms with E-state index in [0.29, 0.717) is 11.7 Å². The predicted molar refractivity (Wildman–Crippen MR) is 60.8 cm³/mol. The molecule has 1 aliphatic rings. The highest BCUT2D eigenvalue weighted by Crippen LogP contribution is 2.24. The van der Waals surface area contributed by atoms with Crippen molar-refractivity contribution >= 4 is 5.69 Å². The molecule has 1 aromatic rings. The summed E-state index contributed by atoms with van der Waals surface area (Å²) in [5.41, 5.74) is 0.813. The molecule has 16 heavy (non-hydrogen) atoms. The quantitative estimate of drug-likeness (QED) is 0.819. The van der Waals surface area contributed by atoms with E-state index in [0.717, 1.165) is 19.5 Å². The van der Waals surface area contributed by atoms with Crippen LogP contribution in [0.4, 0.5) is 10.1 Å². The molecule has 1 fully saturated rings. The second-order valence-corrected chi connectivity index (χ2v) is 4.00. The topological polar surface area (TPSA) is 39.1 Å². The van der Waals surface area contributed by atoms with Crippen LogP contribution in [0.5, 0.6) is 0 Å². The summed E-state index contributed by atoms with van der Waals surface area (Å²) in [6.07, 6.45) is 1.03. The minimum atomic E-state index is -0.446. The normalized spacial score (nSPS) is 19.4. The maximum absolute atomic E-state index is 13.4. The number of nitrogens with one attached hydrogen (secondary N) is 1. The monoisotopic (exact) mass is 219 g/mol. The smallest absolute Gasteiger partial charge is 0.143 e. The van der Waals surface area contributed by atoms with Crippen LogP contribution in [-0.2, 0) is 0 Å². The summed E-state index contributed by atoms with van der Waals surface area (Å²) in [5, 5.41) is 12.2. The van der Waals surface area contributed by atoms with E-state index in [9.17, 15) is 4.39 Å². The molecule has 1 aliphatic heterocycles. The lowest BCUT2D eigenvalue weighted by Gasteiger charge is -2.26. The lowest BCUT2D eigenvalue weighted by atomic mass is 10.1. The lowest BCUT2D eigenvalue weighted by Crippen LogP contribution is -2.33. The molecule has 0 saturated carbocycles. The Hall–Kier alpha value is -1.60. The SMILES string of the molecule is CN(c1cccc(F)c1C#N)C1CCNC1. The van der Waals surface area contributed by atoms with E-state index >= 15 is 0 Å². The van der Waals surface area contributed by atoms with E-state index in [-0.39, 0.29) is 5.56 Å². The summed E-state index contributed by atoms with van der Waals surface area (Å²) in [5.74, 6) is -0.446. The molecule has 0 bridgehead atoms. The average Bonchev–Trinajstić information content (AvgIpc) is 2.81. The predicted octanol–water partition coefficient (Wildman–Crippen LogP) is 1.50. The van der Waals surface area contributed by atoms with E-state index in [2.05, 4.69) is 5.32 Å². The van der Waals surface area contributed by atoms with Gasteiger partial charge in [-0.3, -0.25) is 0 Å². The molecule has 1 N–H and O–H groups in total. The third-order valence-corrected chi connectivity index (χ3v) is 3.07. The van der Waals surface area contributed by atoms with Gasteiger partial charge in [0, 0.05) is 19.6 Å². The van der Waals surface area contributed by atoms with E-state index < -0.39 is 5.82 Å². The fraction of sp³-hybridized carbons (Fsp3) is 0.417. The summed E-state index contributed by atoms with van der Waals surface area (Å²) in [6, 6.07) is 7.03. The Bertz CT molecular complexity index is 419. The third-order valence-electron chi connectivity index (χ3n) is 3.07. The number of rotatable bonds is 2. The van der Waals surface area contributed by atoms with Crippen LogP contribution in [0.2, 0.25) is 0 Å². The number of nitrogens with zero attached hydrogens (tertiary/aromatic N) is 2. The minimum Gasteiger partial charge on any atom is -0.369 e. The summed E-state index contributed by atoms with van der Waals surface area (Å²) in [4.78, 5) is 1.99. The summed E-state index contributed by atoms with van der Waals surface area (Å²) in [6.45, 7) is 1.87. The summed E-state index contributed by atoms with van der Waals surface area (Å²) in [7, 11) is 1.91. The van der Waals surface area contributed by atoms with Crippen molar-refractivity contribution in [2.45, 2.75) is 12.5 Å². The van der Waals surface area contributed by atoms with Crippen molar-refractivity contribution < 1.29 is 4.39 Å². The van der Waals surface area contributed by atoms with Gasteiger partial charge in [0.1, 0.15) is 17.4 Å². The summed E-state index contributed by atoms with van der Waals surface area (Å²) < 4.78 is 13.4. The molecule has 0 spiro atoms. The van der Waals surface area contributed by atoms with E-state index in [1.54, 1.807) is 12.1 Å². The Kier molecular flexibility index (Phi) is 3.07. The Morgan fingerprint density at radius 2 is 2.38 bits per heavy atom. The van der Waals surface area contributed by atoms with Crippen LogP contribution in [0.25, 0.3) is 0 Å². The second kappa shape index (κ2) is 4.50. The van der Waals surface area contributed by atoms with Crippen LogP contribution >= 0.6 is 0 Å². The van der Waals surface area contributed by atoms with Crippen molar-refractivity contribution in [3.05, 3.63) is 29.6 Å². The molecule has 1 atom stereocenters. The van der Waals surface area contributed by atoms with Gasteiger partial charge in [0.05, 0.1) is 5.69 Å². The second-order valence-electron chi connectivity index (χ2n) is 4.00. The molecule has 1 saturated heterocycles. The molecule has 1 aromatic carbocycles. The first-order valence-electron chi connectivity index (χ1n) is 5.36. The van der Waals surface area contributed by atoms with Crippen LogP contribution in [0.3, 0.4) is 0 Å². The number of anilines is 1. The number of benzene rings is 1. The fourth-order valence-electron chi connectivity index (χ4n) is 2.08. The van der Waals surface area contributed by atoms with Crippen molar-refractivity contribution in [2.75, 3.05) is 25.0 Å². The van der Waals surface area contributed by atoms with Gasteiger partial charge in [-0.2, -0.15) is 5.26 Å². The molecule has 0 aliphatic carbocycles. The van der Waals surface area contributed by atoms with Gasteiger partial charge in [-0.1, -0.05) is 6.07 Å². The van der Waals surface area contributed by atoms with Crippen LogP contribution in [0, 0.1) is 17.1 Å². The lowest BCUT2D eigenvalue weighted by molar-refractivity contribution is 0.619. The highest BCUT2D eigenvalue weighted by molar-refractivity contribution is 5.60. The van der Waals surface area contributed by atoms with Crippen LogP contribution in [0.15, 0.2) is 18.2 Å². The number of hydrogen-bond acceptors (Lipinski definition) is 3. The van der Waals surface area contributed by atoms with Crippen LogP contribution in [-0.4, -0.2) is 26.2 Å². The van der Waals surface area contributed by atoms with Crippen LogP contribution < -0.4 is 10.2 Å². The zero-order valence-electron chi connectivity index (χ0n) is 9.20. The molecular formula is C12H14FN3. The molecule has 3 nitrogen and oxygen atoms in total. The molecule has 1 heterocycles. The van der Waals surface area contributed by atoms with Crippen molar-refractivity contribution in [1.82, 2.24) is 5.32 Å². The van der Waals surface area contributed by atoms with E-state index in [1.165, 1.54) is 6.07 Å². The molecule has 0 aromatic heterocycles. The first-order valence-corrected chi connectivity index (χ1v) is 5.36. The zero-order valence-corrected chi connectivity index (χ0v) is 9.20. The van der Waals surface area contributed by atoms with Gasteiger partial charge in [0.2, 0.25) is 0 Å². The highest BCUT2D eigenvalue weighted by atomic mass is 19.1. The van der Waals surface area contributed by atoms with Crippen LogP contribution in [0.1, 0.15) is 12.0 Å². The molecule has 4 heteroatoms. The van der Waals surface area contributed by atoms with Gasteiger partial charge in [-0.05, 0) is 25.1 Å². The number of halogens is 1. The van der Waals surface area contributed by atoms with Gasteiger partial charge < -0.3 is 10.2 Å². The largest absolute Gasteiger partial charge is 0.369 e. The Balaban J connectivity index is 2.32. The average molecular weight is 219 g/mol. The molecule has 0 amide bonds. The van der Waals surface area contributed by atoms with E-state index in [1.807, 2.05) is 18.0 Å². The standard InChI is InChI=1S/C12H14FN3/c1-16(9-5-6-15-8-9)12-4-2-3-11(13)10(12)7-14/h2-4,9,15H,5-6,8H2,1H3. The molecule has 2 rings (SSSR count). The molecule has 1 unspecified atom stereocenters. The van der Waals surface area contributed by atoms with Gasteiger partial charge >= 0.3 is 0 Å². The fourth-order valence-corrected chi connectivity index (χ4v) is 2.08. The molecule has 84 valence electrons.